The lowest BCUT2D eigenvalue weighted by Gasteiger charge is -2.35. The predicted molar refractivity (Wildman–Crippen MR) is 71.9 cm³/mol. The average Bonchev–Trinajstić information content (AvgIpc) is 2.29. The Labute approximate surface area is 106 Å². The lowest BCUT2D eigenvalue weighted by molar-refractivity contribution is -0.152. The van der Waals surface area contributed by atoms with E-state index >= 15 is 0 Å². The van der Waals surface area contributed by atoms with Gasteiger partial charge in [0.2, 0.25) is 0 Å². The third-order valence-corrected chi connectivity index (χ3v) is 4.09. The Morgan fingerprint density at radius 1 is 1.35 bits per heavy atom. The van der Waals surface area contributed by atoms with E-state index < -0.39 is 11.4 Å². The maximum absolute atomic E-state index is 11.5. The van der Waals surface area contributed by atoms with Crippen LogP contribution in [0.3, 0.4) is 0 Å². The highest BCUT2D eigenvalue weighted by molar-refractivity contribution is 5.75. The minimum atomic E-state index is -0.742. The molecule has 0 fully saturated rings. The van der Waals surface area contributed by atoms with E-state index in [4.69, 9.17) is 5.73 Å². The van der Waals surface area contributed by atoms with Crippen molar-refractivity contribution in [3.05, 3.63) is 0 Å². The van der Waals surface area contributed by atoms with Crippen molar-refractivity contribution in [2.45, 2.75) is 59.8 Å². The molecular weight excluding hydrogens is 214 g/mol. The van der Waals surface area contributed by atoms with Gasteiger partial charge in [0.15, 0.2) is 0 Å². The first-order chi connectivity index (χ1) is 7.94. The standard InChI is InChI=1S/C14H29NO2/c1-5-7-8-12(6-2)9-14(10-15,11(3)4)13(16)17/h11-12H,5-10,15H2,1-4H3,(H,16,17). The minimum Gasteiger partial charge on any atom is -0.481 e. The lowest BCUT2D eigenvalue weighted by atomic mass is 9.70. The number of nitrogens with two attached hydrogens (primary N) is 1. The molecule has 0 saturated heterocycles. The summed E-state index contributed by atoms with van der Waals surface area (Å²) in [5.41, 5.74) is 5.02. The van der Waals surface area contributed by atoms with Gasteiger partial charge in [-0.05, 0) is 18.3 Å². The third-order valence-electron chi connectivity index (χ3n) is 4.09. The van der Waals surface area contributed by atoms with Gasteiger partial charge in [-0.3, -0.25) is 4.79 Å². The molecule has 0 amide bonds. The van der Waals surface area contributed by atoms with Crippen molar-refractivity contribution in [3.8, 4) is 0 Å². The molecule has 0 radical (unpaired) electrons. The topological polar surface area (TPSA) is 63.3 Å². The van der Waals surface area contributed by atoms with Crippen molar-refractivity contribution in [2.75, 3.05) is 6.54 Å². The van der Waals surface area contributed by atoms with Gasteiger partial charge in [-0.1, -0.05) is 53.4 Å². The normalized spacial score (nSPS) is 16.8. The highest BCUT2D eigenvalue weighted by atomic mass is 16.4. The molecule has 17 heavy (non-hydrogen) atoms. The van der Waals surface area contributed by atoms with Crippen LogP contribution in [0, 0.1) is 17.3 Å². The fourth-order valence-corrected chi connectivity index (χ4v) is 2.43. The number of hydrogen-bond donors (Lipinski definition) is 2. The van der Waals surface area contributed by atoms with Gasteiger partial charge in [-0.2, -0.15) is 0 Å². The number of hydrogen-bond acceptors (Lipinski definition) is 2. The Kier molecular flexibility index (Phi) is 7.44. The monoisotopic (exact) mass is 243 g/mol. The van der Waals surface area contributed by atoms with Crippen LogP contribution in [0.5, 0.6) is 0 Å². The van der Waals surface area contributed by atoms with Crippen molar-refractivity contribution in [1.29, 1.82) is 0 Å². The van der Waals surface area contributed by atoms with Crippen LogP contribution in [0.15, 0.2) is 0 Å². The van der Waals surface area contributed by atoms with Crippen LogP contribution in [0.4, 0.5) is 0 Å². The maximum atomic E-state index is 11.5. The molecule has 0 saturated carbocycles. The van der Waals surface area contributed by atoms with Crippen molar-refractivity contribution in [1.82, 2.24) is 0 Å². The molecule has 2 unspecified atom stereocenters. The van der Waals surface area contributed by atoms with Crippen molar-refractivity contribution < 1.29 is 9.90 Å². The average molecular weight is 243 g/mol. The molecule has 0 aromatic rings. The van der Waals surface area contributed by atoms with E-state index in [1.54, 1.807) is 0 Å². The predicted octanol–water partition coefficient (Wildman–Crippen LogP) is 3.28. The zero-order valence-electron chi connectivity index (χ0n) is 11.8. The molecule has 3 nitrogen and oxygen atoms in total. The Morgan fingerprint density at radius 3 is 2.24 bits per heavy atom. The van der Waals surface area contributed by atoms with E-state index in [0.29, 0.717) is 12.3 Å². The van der Waals surface area contributed by atoms with Crippen LogP contribution < -0.4 is 5.73 Å². The first kappa shape index (κ1) is 16.4. The smallest absolute Gasteiger partial charge is 0.311 e. The quantitative estimate of drug-likeness (QED) is 0.653. The van der Waals surface area contributed by atoms with Crippen LogP contribution in [0.2, 0.25) is 0 Å². The molecule has 3 N–H and O–H groups in total. The zero-order chi connectivity index (χ0) is 13.5. The molecule has 102 valence electrons. The summed E-state index contributed by atoms with van der Waals surface area (Å²) in [5, 5.41) is 9.48. The van der Waals surface area contributed by atoms with Gasteiger partial charge in [0.05, 0.1) is 5.41 Å². The van der Waals surface area contributed by atoms with Gasteiger partial charge in [-0.25, -0.2) is 0 Å². The Bertz CT molecular complexity index is 228. The van der Waals surface area contributed by atoms with E-state index in [-0.39, 0.29) is 12.5 Å². The lowest BCUT2D eigenvalue weighted by Crippen LogP contribution is -2.44. The summed E-state index contributed by atoms with van der Waals surface area (Å²) < 4.78 is 0. The first-order valence-electron chi connectivity index (χ1n) is 6.88. The van der Waals surface area contributed by atoms with Crippen LogP contribution in [0.1, 0.15) is 59.8 Å². The summed E-state index contributed by atoms with van der Waals surface area (Å²) in [5.74, 6) is -0.164. The van der Waals surface area contributed by atoms with E-state index in [1.807, 2.05) is 13.8 Å². The van der Waals surface area contributed by atoms with Gasteiger partial charge >= 0.3 is 5.97 Å². The first-order valence-corrected chi connectivity index (χ1v) is 6.88. The van der Waals surface area contributed by atoms with E-state index in [0.717, 1.165) is 12.8 Å². The second kappa shape index (κ2) is 7.70. The van der Waals surface area contributed by atoms with Gasteiger partial charge < -0.3 is 10.8 Å². The number of carboxylic acids is 1. The number of carbonyl (C=O) groups is 1. The molecule has 0 aromatic heterocycles. The zero-order valence-corrected chi connectivity index (χ0v) is 11.8. The van der Waals surface area contributed by atoms with Gasteiger partial charge in [0, 0.05) is 6.54 Å². The molecule has 3 heteroatoms. The minimum absolute atomic E-state index is 0.0840. The fourth-order valence-electron chi connectivity index (χ4n) is 2.43. The summed E-state index contributed by atoms with van der Waals surface area (Å²) >= 11 is 0. The molecule has 0 aliphatic rings. The van der Waals surface area contributed by atoms with Gasteiger partial charge in [-0.15, -0.1) is 0 Å². The van der Waals surface area contributed by atoms with E-state index in [9.17, 15) is 9.90 Å². The molecule has 0 aliphatic carbocycles. The molecule has 0 aromatic carbocycles. The highest BCUT2D eigenvalue weighted by Gasteiger charge is 2.41. The molecule has 0 heterocycles. The summed E-state index contributed by atoms with van der Waals surface area (Å²) in [6, 6.07) is 0. The van der Waals surface area contributed by atoms with Crippen molar-refractivity contribution in [3.63, 3.8) is 0 Å². The number of aliphatic carboxylic acids is 1. The van der Waals surface area contributed by atoms with Gasteiger partial charge in [0.25, 0.3) is 0 Å². The van der Waals surface area contributed by atoms with Crippen molar-refractivity contribution >= 4 is 5.97 Å². The fraction of sp³-hybridized carbons (Fsp3) is 0.929. The SMILES string of the molecule is CCCCC(CC)CC(CN)(C(=O)O)C(C)C. The number of unbranched alkanes of at least 4 members (excludes halogenated alkanes) is 1. The van der Waals surface area contributed by atoms with Crippen LogP contribution in [0.25, 0.3) is 0 Å². The van der Waals surface area contributed by atoms with Crippen LogP contribution >= 0.6 is 0 Å². The third kappa shape index (κ3) is 4.30. The number of carboxylic acid groups (broad SMARTS) is 1. The summed E-state index contributed by atoms with van der Waals surface area (Å²) in [7, 11) is 0. The molecule has 2 atom stereocenters. The van der Waals surface area contributed by atoms with Gasteiger partial charge in [0.1, 0.15) is 0 Å². The van der Waals surface area contributed by atoms with Crippen molar-refractivity contribution in [2.24, 2.45) is 23.0 Å². The second-order valence-electron chi connectivity index (χ2n) is 5.44. The molecule has 0 rings (SSSR count). The van der Waals surface area contributed by atoms with Crippen LogP contribution in [-0.2, 0) is 4.79 Å². The number of rotatable bonds is 9. The summed E-state index contributed by atoms with van der Waals surface area (Å²) in [6.45, 7) is 8.48. The molecule has 0 spiro atoms. The maximum Gasteiger partial charge on any atom is 0.311 e. The molecule has 0 aliphatic heterocycles. The Morgan fingerprint density at radius 2 is 1.94 bits per heavy atom. The second-order valence-corrected chi connectivity index (χ2v) is 5.44. The summed E-state index contributed by atoms with van der Waals surface area (Å²) in [6.07, 6.45) is 5.22. The largest absolute Gasteiger partial charge is 0.481 e. The highest BCUT2D eigenvalue weighted by Crippen LogP contribution is 2.36. The molecule has 0 bridgehead atoms. The Balaban J connectivity index is 4.76. The molecular formula is C14H29NO2. The van der Waals surface area contributed by atoms with E-state index in [2.05, 4.69) is 13.8 Å². The Hall–Kier alpha value is -0.570. The van der Waals surface area contributed by atoms with E-state index in [1.165, 1.54) is 12.8 Å². The summed E-state index contributed by atoms with van der Waals surface area (Å²) in [4.78, 5) is 11.5. The van der Waals surface area contributed by atoms with Crippen LogP contribution in [-0.4, -0.2) is 17.6 Å².